The van der Waals surface area contributed by atoms with Crippen molar-refractivity contribution < 1.29 is 19.1 Å². The van der Waals surface area contributed by atoms with Gasteiger partial charge in [0.2, 0.25) is 5.91 Å². The number of aryl methyl sites for hydroxylation is 1. The molecule has 0 spiro atoms. The molecule has 0 aliphatic heterocycles. The summed E-state index contributed by atoms with van der Waals surface area (Å²) < 4.78 is 4.53. The molecule has 20 heavy (non-hydrogen) atoms. The number of methoxy groups -OCH3 is 1. The third-order valence-corrected chi connectivity index (χ3v) is 2.78. The minimum atomic E-state index is -0.528. The van der Waals surface area contributed by atoms with E-state index in [2.05, 4.69) is 4.74 Å². The second-order valence-electron chi connectivity index (χ2n) is 4.51. The molecule has 5 heteroatoms. The van der Waals surface area contributed by atoms with Gasteiger partial charge in [-0.1, -0.05) is 30.3 Å². The zero-order valence-electron chi connectivity index (χ0n) is 11.8. The Bertz CT molecular complexity index is 470. The van der Waals surface area contributed by atoms with Crippen LogP contribution in [0.4, 0.5) is 0 Å². The molecular formula is C15H19NO4. The summed E-state index contributed by atoms with van der Waals surface area (Å²) in [4.78, 5) is 35.7. The lowest BCUT2D eigenvalue weighted by molar-refractivity contribution is -0.147. The van der Waals surface area contributed by atoms with E-state index in [0.717, 1.165) is 5.56 Å². The largest absolute Gasteiger partial charge is 0.468 e. The molecule has 0 heterocycles. The van der Waals surface area contributed by atoms with Crippen LogP contribution in [0.25, 0.3) is 0 Å². The maximum absolute atomic E-state index is 12.1. The molecule has 0 aromatic heterocycles. The number of benzene rings is 1. The standard InChI is InChI=1S/C15H19NO4/c1-12(17)10-16(11-15(19)20-2)14(18)9-8-13-6-4-3-5-7-13/h3-7H,8-11H2,1-2H3. The second-order valence-corrected chi connectivity index (χ2v) is 4.51. The number of ether oxygens (including phenoxy) is 1. The van der Waals surface area contributed by atoms with Gasteiger partial charge < -0.3 is 9.64 Å². The molecule has 0 unspecified atom stereocenters. The number of Topliss-reactive ketones (excluding diaryl/α,β-unsaturated/α-hetero) is 1. The molecule has 0 radical (unpaired) electrons. The Labute approximate surface area is 118 Å². The molecule has 0 bridgehead atoms. The van der Waals surface area contributed by atoms with Gasteiger partial charge >= 0.3 is 5.97 Å². The Morgan fingerprint density at radius 1 is 1.10 bits per heavy atom. The van der Waals surface area contributed by atoms with E-state index in [1.165, 1.54) is 18.9 Å². The van der Waals surface area contributed by atoms with Crippen LogP contribution in [-0.2, 0) is 25.5 Å². The van der Waals surface area contributed by atoms with Gasteiger partial charge in [-0.3, -0.25) is 14.4 Å². The van der Waals surface area contributed by atoms with Crippen molar-refractivity contribution in [1.82, 2.24) is 4.90 Å². The Kier molecular flexibility index (Phi) is 6.43. The van der Waals surface area contributed by atoms with Crippen molar-refractivity contribution in [2.24, 2.45) is 0 Å². The fraction of sp³-hybridized carbons (Fsp3) is 0.400. The maximum atomic E-state index is 12.1. The fourth-order valence-corrected chi connectivity index (χ4v) is 1.78. The average Bonchev–Trinajstić information content (AvgIpc) is 2.44. The molecule has 0 saturated carbocycles. The molecule has 1 amide bonds. The van der Waals surface area contributed by atoms with Crippen molar-refractivity contribution in [3.8, 4) is 0 Å². The van der Waals surface area contributed by atoms with Crippen LogP contribution in [0, 0.1) is 0 Å². The van der Waals surface area contributed by atoms with Gasteiger partial charge in [-0.2, -0.15) is 0 Å². The normalized spacial score (nSPS) is 9.90. The minimum Gasteiger partial charge on any atom is -0.468 e. The molecule has 0 aliphatic rings. The number of rotatable bonds is 7. The van der Waals surface area contributed by atoms with Gasteiger partial charge in [0.05, 0.1) is 13.7 Å². The molecule has 0 N–H and O–H groups in total. The summed E-state index contributed by atoms with van der Waals surface area (Å²) in [6.07, 6.45) is 0.837. The maximum Gasteiger partial charge on any atom is 0.325 e. The van der Waals surface area contributed by atoms with E-state index in [9.17, 15) is 14.4 Å². The van der Waals surface area contributed by atoms with E-state index in [1.54, 1.807) is 0 Å². The first-order chi connectivity index (χ1) is 9.52. The molecule has 0 saturated heterocycles. The quantitative estimate of drug-likeness (QED) is 0.703. The molecule has 5 nitrogen and oxygen atoms in total. The number of hydrogen-bond acceptors (Lipinski definition) is 4. The molecule has 1 aromatic carbocycles. The van der Waals surface area contributed by atoms with Gasteiger partial charge in [0, 0.05) is 6.42 Å². The lowest BCUT2D eigenvalue weighted by atomic mass is 10.1. The lowest BCUT2D eigenvalue weighted by Crippen LogP contribution is -2.39. The van der Waals surface area contributed by atoms with Crippen LogP contribution in [-0.4, -0.2) is 42.8 Å². The molecule has 108 valence electrons. The fourth-order valence-electron chi connectivity index (χ4n) is 1.78. The number of hydrogen-bond donors (Lipinski definition) is 0. The van der Waals surface area contributed by atoms with Crippen molar-refractivity contribution in [3.05, 3.63) is 35.9 Å². The van der Waals surface area contributed by atoms with Crippen molar-refractivity contribution in [1.29, 1.82) is 0 Å². The number of carbonyl (C=O) groups excluding carboxylic acids is 3. The third kappa shape index (κ3) is 5.65. The van der Waals surface area contributed by atoms with E-state index in [4.69, 9.17) is 0 Å². The van der Waals surface area contributed by atoms with Gasteiger partial charge in [-0.25, -0.2) is 0 Å². The van der Waals surface area contributed by atoms with Crippen LogP contribution in [0.5, 0.6) is 0 Å². The van der Waals surface area contributed by atoms with E-state index in [1.807, 2.05) is 30.3 Å². The predicted molar refractivity (Wildman–Crippen MR) is 74.0 cm³/mol. The van der Waals surface area contributed by atoms with Crippen LogP contribution < -0.4 is 0 Å². The molecule has 0 atom stereocenters. The van der Waals surface area contributed by atoms with Gasteiger partial charge in [0.15, 0.2) is 0 Å². The van der Waals surface area contributed by atoms with E-state index in [0.29, 0.717) is 6.42 Å². The number of carbonyl (C=O) groups is 3. The van der Waals surface area contributed by atoms with Crippen molar-refractivity contribution in [3.63, 3.8) is 0 Å². The third-order valence-electron chi connectivity index (χ3n) is 2.78. The Hall–Kier alpha value is -2.17. The monoisotopic (exact) mass is 277 g/mol. The summed E-state index contributed by atoms with van der Waals surface area (Å²) in [6, 6.07) is 9.58. The zero-order chi connectivity index (χ0) is 15.0. The summed E-state index contributed by atoms with van der Waals surface area (Å²) >= 11 is 0. The van der Waals surface area contributed by atoms with Crippen molar-refractivity contribution in [2.75, 3.05) is 20.2 Å². The van der Waals surface area contributed by atoms with Gasteiger partial charge in [0.25, 0.3) is 0 Å². The number of ketones is 1. The van der Waals surface area contributed by atoms with E-state index >= 15 is 0 Å². The van der Waals surface area contributed by atoms with E-state index < -0.39 is 5.97 Å². The highest BCUT2D eigenvalue weighted by Crippen LogP contribution is 2.05. The summed E-state index contributed by atoms with van der Waals surface area (Å²) in [5.74, 6) is -0.921. The topological polar surface area (TPSA) is 63.7 Å². The summed E-state index contributed by atoms with van der Waals surface area (Å²) in [7, 11) is 1.25. The first-order valence-electron chi connectivity index (χ1n) is 6.41. The first kappa shape index (κ1) is 15.9. The van der Waals surface area contributed by atoms with Crippen molar-refractivity contribution >= 4 is 17.7 Å². The lowest BCUT2D eigenvalue weighted by Gasteiger charge is -2.20. The van der Waals surface area contributed by atoms with Gasteiger partial charge in [-0.15, -0.1) is 0 Å². The SMILES string of the molecule is COC(=O)CN(CC(C)=O)C(=O)CCc1ccccc1. The Balaban J connectivity index is 2.58. The summed E-state index contributed by atoms with van der Waals surface area (Å²) in [5, 5.41) is 0. The molecule has 0 aliphatic carbocycles. The number of esters is 1. The molecule has 0 fully saturated rings. The highest BCUT2D eigenvalue weighted by molar-refractivity contribution is 5.87. The molecular weight excluding hydrogens is 258 g/mol. The highest BCUT2D eigenvalue weighted by Gasteiger charge is 2.18. The van der Waals surface area contributed by atoms with Crippen molar-refractivity contribution in [2.45, 2.75) is 19.8 Å². The zero-order valence-corrected chi connectivity index (χ0v) is 11.8. The van der Waals surface area contributed by atoms with Crippen LogP contribution in [0.3, 0.4) is 0 Å². The Morgan fingerprint density at radius 3 is 2.30 bits per heavy atom. The predicted octanol–water partition coefficient (Wildman–Crippen LogP) is 1.21. The van der Waals surface area contributed by atoms with Crippen LogP contribution >= 0.6 is 0 Å². The smallest absolute Gasteiger partial charge is 0.325 e. The molecule has 1 aromatic rings. The van der Waals surface area contributed by atoms with Gasteiger partial charge in [-0.05, 0) is 18.9 Å². The minimum absolute atomic E-state index is 0.0667. The number of amides is 1. The highest BCUT2D eigenvalue weighted by atomic mass is 16.5. The van der Waals surface area contributed by atoms with Gasteiger partial charge in [0.1, 0.15) is 12.3 Å². The van der Waals surface area contributed by atoms with E-state index in [-0.39, 0.29) is 31.2 Å². The Morgan fingerprint density at radius 2 is 1.75 bits per heavy atom. The summed E-state index contributed by atoms with van der Waals surface area (Å²) in [5.41, 5.74) is 1.04. The summed E-state index contributed by atoms with van der Waals surface area (Å²) in [6.45, 7) is 1.13. The second kappa shape index (κ2) is 8.09. The van der Waals surface area contributed by atoms with Crippen LogP contribution in [0.1, 0.15) is 18.9 Å². The van der Waals surface area contributed by atoms with Crippen LogP contribution in [0.2, 0.25) is 0 Å². The van der Waals surface area contributed by atoms with Crippen LogP contribution in [0.15, 0.2) is 30.3 Å². The number of nitrogens with zero attached hydrogens (tertiary/aromatic N) is 1. The average molecular weight is 277 g/mol. The first-order valence-corrected chi connectivity index (χ1v) is 6.41. The molecule has 1 rings (SSSR count).